The standard InChI is InChI=1S/C34H34ClFN6O6S/c1-47-26-16-34(26)25-18-42(21-7-3-19(4-8-21)5-10-27(43)44)33(46)41(25)13-12-40(34)17-24-28(32(45)48-2)29(22-9-6-20(36)15-23(22)35)39-30(38-24)31-37-11-14-49-31/h3-4,6-9,11,14-15,25-26,29H,5,10,12-13,16-18H2,1-2H3,(H,38,39)(H,43,44)/t25-,26+,29+,34?/m1/s1. The van der Waals surface area contributed by atoms with E-state index in [1.807, 2.05) is 34.5 Å². The number of esters is 1. The smallest absolute Gasteiger partial charge is 0.338 e. The normalized spacial score (nSPS) is 24.9. The largest absolute Gasteiger partial charge is 0.481 e. The zero-order valence-electron chi connectivity index (χ0n) is 26.8. The number of amides is 2. The average molecular weight is 709 g/mol. The Bertz CT molecular complexity index is 1860. The minimum absolute atomic E-state index is 0.0342. The highest BCUT2D eigenvalue weighted by Crippen LogP contribution is 2.53. The second-order valence-electron chi connectivity index (χ2n) is 12.4. The Morgan fingerprint density at radius 2 is 1.98 bits per heavy atom. The Balaban J connectivity index is 1.22. The number of hydrogen-bond donors (Lipinski definition) is 2. The third kappa shape index (κ3) is 5.96. The Morgan fingerprint density at radius 3 is 2.63 bits per heavy atom. The molecule has 2 saturated heterocycles. The lowest BCUT2D eigenvalue weighted by atomic mass is 9.93. The van der Waals surface area contributed by atoms with Gasteiger partial charge in [0.25, 0.3) is 0 Å². The molecule has 256 valence electrons. The van der Waals surface area contributed by atoms with E-state index in [4.69, 9.17) is 31.2 Å². The van der Waals surface area contributed by atoms with E-state index in [9.17, 15) is 18.8 Å². The number of carboxylic acid groups (broad SMARTS) is 1. The van der Waals surface area contributed by atoms with Crippen molar-refractivity contribution in [3.63, 3.8) is 0 Å². The van der Waals surface area contributed by atoms with Crippen LogP contribution in [0.4, 0.5) is 14.9 Å². The summed E-state index contributed by atoms with van der Waals surface area (Å²) in [5.41, 5.74) is 2.33. The van der Waals surface area contributed by atoms with Gasteiger partial charge in [0.1, 0.15) is 11.9 Å². The van der Waals surface area contributed by atoms with E-state index in [-0.39, 0.29) is 41.7 Å². The van der Waals surface area contributed by atoms with Crippen molar-refractivity contribution < 1.29 is 33.4 Å². The highest BCUT2D eigenvalue weighted by Gasteiger charge is 2.69. The van der Waals surface area contributed by atoms with Crippen LogP contribution >= 0.6 is 22.9 Å². The number of halogens is 2. The van der Waals surface area contributed by atoms with Gasteiger partial charge < -0.3 is 24.8 Å². The van der Waals surface area contributed by atoms with Crippen LogP contribution in [0.15, 0.2) is 70.3 Å². The molecule has 4 atom stereocenters. The van der Waals surface area contributed by atoms with Gasteiger partial charge in [0, 0.05) is 66.7 Å². The van der Waals surface area contributed by atoms with Crippen molar-refractivity contribution in [3.05, 3.63) is 92.3 Å². The van der Waals surface area contributed by atoms with Crippen molar-refractivity contribution in [2.45, 2.75) is 43.0 Å². The van der Waals surface area contributed by atoms with Crippen molar-refractivity contribution >= 4 is 52.4 Å². The van der Waals surface area contributed by atoms with Crippen molar-refractivity contribution in [1.29, 1.82) is 0 Å². The van der Waals surface area contributed by atoms with Gasteiger partial charge in [0.05, 0.1) is 36.9 Å². The number of rotatable bonds is 10. The lowest BCUT2D eigenvalue weighted by Gasteiger charge is -2.45. The molecule has 7 rings (SSSR count). The third-order valence-electron chi connectivity index (χ3n) is 9.83. The summed E-state index contributed by atoms with van der Waals surface area (Å²) in [6, 6.07) is 10.2. The number of fused-ring (bicyclic) bond motifs is 2. The molecule has 2 amide bonds. The van der Waals surface area contributed by atoms with E-state index in [1.165, 1.54) is 36.6 Å². The molecular formula is C34H34ClFN6O6S. The fraction of sp³-hybridized carbons (Fsp3) is 0.382. The van der Waals surface area contributed by atoms with Gasteiger partial charge in [-0.05, 0) is 42.7 Å². The van der Waals surface area contributed by atoms with Crippen LogP contribution in [-0.2, 0) is 25.5 Å². The molecule has 12 nitrogen and oxygen atoms in total. The van der Waals surface area contributed by atoms with E-state index >= 15 is 0 Å². The molecule has 1 aliphatic carbocycles. The first-order chi connectivity index (χ1) is 23.6. The topological polar surface area (TPSA) is 137 Å². The zero-order valence-corrected chi connectivity index (χ0v) is 28.3. The molecule has 2 aromatic carbocycles. The number of thiazole rings is 1. The Hall–Kier alpha value is -4.37. The lowest BCUT2D eigenvalue weighted by Crippen LogP contribution is -2.63. The molecule has 15 heteroatoms. The first-order valence-corrected chi connectivity index (χ1v) is 17.1. The van der Waals surface area contributed by atoms with Gasteiger partial charge in [-0.2, -0.15) is 0 Å². The number of methoxy groups -OCH3 is 2. The van der Waals surface area contributed by atoms with Gasteiger partial charge in [0.2, 0.25) is 0 Å². The number of carbonyl (C=O) groups is 3. The molecule has 1 aromatic heterocycles. The number of aryl methyl sites for hydroxylation is 1. The number of hydrogen-bond acceptors (Lipinski definition) is 10. The maximum atomic E-state index is 14.1. The molecule has 3 fully saturated rings. The van der Waals surface area contributed by atoms with E-state index in [2.05, 4.69) is 15.2 Å². The lowest BCUT2D eigenvalue weighted by molar-refractivity contribution is -0.137. The van der Waals surface area contributed by atoms with Crippen LogP contribution in [-0.4, -0.2) is 102 Å². The van der Waals surface area contributed by atoms with Gasteiger partial charge in [-0.1, -0.05) is 29.8 Å². The number of amidine groups is 1. The average Bonchev–Trinajstić information content (AvgIpc) is 3.37. The molecule has 4 heterocycles. The molecule has 1 spiro atoms. The van der Waals surface area contributed by atoms with Gasteiger partial charge in [-0.3, -0.25) is 19.6 Å². The quantitative estimate of drug-likeness (QED) is 0.296. The van der Waals surface area contributed by atoms with Crippen LogP contribution in [0, 0.1) is 5.82 Å². The van der Waals surface area contributed by atoms with E-state index in [1.54, 1.807) is 18.2 Å². The Morgan fingerprint density at radius 1 is 1.18 bits per heavy atom. The van der Waals surface area contributed by atoms with E-state index in [0.717, 1.165) is 11.3 Å². The number of nitrogens with zero attached hydrogens (tertiary/aromatic N) is 5. The maximum Gasteiger partial charge on any atom is 0.338 e. The van der Waals surface area contributed by atoms with Gasteiger partial charge >= 0.3 is 18.0 Å². The highest BCUT2D eigenvalue weighted by atomic mass is 35.5. The van der Waals surface area contributed by atoms with Crippen LogP contribution in [0.1, 0.15) is 35.0 Å². The van der Waals surface area contributed by atoms with E-state index in [0.29, 0.717) is 54.6 Å². The highest BCUT2D eigenvalue weighted by molar-refractivity contribution is 7.11. The predicted molar refractivity (Wildman–Crippen MR) is 180 cm³/mol. The van der Waals surface area contributed by atoms with Crippen LogP contribution < -0.4 is 10.2 Å². The number of nitrogens with one attached hydrogen (secondary N) is 1. The number of aromatic nitrogens is 1. The predicted octanol–water partition coefficient (Wildman–Crippen LogP) is 4.25. The molecule has 1 saturated carbocycles. The first kappa shape index (κ1) is 33.1. The van der Waals surface area contributed by atoms with Crippen LogP contribution in [0.5, 0.6) is 0 Å². The number of carboxylic acids is 1. The second-order valence-corrected chi connectivity index (χ2v) is 13.7. The number of aliphatic imine (C=N–C) groups is 1. The number of benzene rings is 2. The van der Waals surface area contributed by atoms with Gasteiger partial charge in [-0.15, -0.1) is 11.3 Å². The maximum absolute atomic E-state index is 14.1. The van der Waals surface area contributed by atoms with Crippen molar-refractivity contribution in [2.75, 3.05) is 45.3 Å². The monoisotopic (exact) mass is 708 g/mol. The molecule has 4 aliphatic rings. The summed E-state index contributed by atoms with van der Waals surface area (Å²) < 4.78 is 25.3. The number of ether oxygens (including phenoxy) is 2. The number of aliphatic carboxylic acids is 1. The molecule has 0 radical (unpaired) electrons. The molecule has 3 aliphatic heterocycles. The number of piperazine rings is 1. The number of anilines is 1. The minimum Gasteiger partial charge on any atom is -0.481 e. The Kier molecular flexibility index (Phi) is 8.90. The van der Waals surface area contributed by atoms with Crippen molar-refractivity contribution in [1.82, 2.24) is 20.1 Å². The summed E-state index contributed by atoms with van der Waals surface area (Å²) in [4.78, 5) is 53.6. The first-order valence-electron chi connectivity index (χ1n) is 15.8. The van der Waals surface area contributed by atoms with Gasteiger partial charge in [0.15, 0.2) is 10.8 Å². The fourth-order valence-corrected chi connectivity index (χ4v) is 8.23. The molecule has 1 unspecified atom stereocenters. The summed E-state index contributed by atoms with van der Waals surface area (Å²) in [7, 11) is 2.97. The summed E-state index contributed by atoms with van der Waals surface area (Å²) >= 11 is 7.93. The zero-order chi connectivity index (χ0) is 34.4. The van der Waals surface area contributed by atoms with Crippen LogP contribution in [0.3, 0.4) is 0 Å². The molecular weight excluding hydrogens is 675 g/mol. The Labute approximate surface area is 290 Å². The van der Waals surface area contributed by atoms with Gasteiger partial charge in [-0.25, -0.2) is 19.0 Å². The molecule has 2 N–H and O–H groups in total. The summed E-state index contributed by atoms with van der Waals surface area (Å²) in [6.45, 7) is 1.67. The third-order valence-corrected chi connectivity index (χ3v) is 10.9. The van der Waals surface area contributed by atoms with E-state index < -0.39 is 29.3 Å². The van der Waals surface area contributed by atoms with Crippen LogP contribution in [0.2, 0.25) is 5.02 Å². The summed E-state index contributed by atoms with van der Waals surface area (Å²) in [5, 5.41) is 15.0. The number of urea groups is 1. The minimum atomic E-state index is -0.896. The number of carbonyl (C=O) groups excluding carboxylic acids is 2. The fourth-order valence-electron chi connectivity index (χ4n) is 7.37. The SMILES string of the molecule is COC(=O)C1=C(CN2CCN3C(=O)N(c4ccc(CCC(=O)O)cc4)C[C@@H]3C23C[C@@H]3OC)NC(c2nccs2)=N[C@H]1c1ccc(F)cc1Cl. The van der Waals surface area contributed by atoms with Crippen molar-refractivity contribution in [3.8, 4) is 0 Å². The molecule has 0 bridgehead atoms. The summed E-state index contributed by atoms with van der Waals surface area (Å²) in [6.07, 6.45) is 2.63. The van der Waals surface area contributed by atoms with Crippen molar-refractivity contribution in [2.24, 2.45) is 4.99 Å². The second kappa shape index (κ2) is 13.2. The van der Waals surface area contributed by atoms with Crippen LogP contribution in [0.25, 0.3) is 0 Å². The summed E-state index contributed by atoms with van der Waals surface area (Å²) in [5.74, 6) is -1.52. The molecule has 3 aromatic rings. The molecule has 49 heavy (non-hydrogen) atoms.